The van der Waals surface area contributed by atoms with Gasteiger partial charge in [0.2, 0.25) is 0 Å². The van der Waals surface area contributed by atoms with Gasteiger partial charge in [-0.15, -0.1) is 0 Å². The van der Waals surface area contributed by atoms with Crippen LogP contribution in [0.4, 0.5) is 0 Å². The van der Waals surface area contributed by atoms with Crippen molar-refractivity contribution < 1.29 is 0 Å². The van der Waals surface area contributed by atoms with Gasteiger partial charge in [-0.3, -0.25) is 0 Å². The van der Waals surface area contributed by atoms with E-state index in [9.17, 15) is 0 Å². The molecule has 0 spiro atoms. The van der Waals surface area contributed by atoms with Crippen molar-refractivity contribution in [1.29, 1.82) is 0 Å². The zero-order valence-electron chi connectivity index (χ0n) is 14.0. The van der Waals surface area contributed by atoms with Gasteiger partial charge in [-0.05, 0) is 31.1 Å². The summed E-state index contributed by atoms with van der Waals surface area (Å²) in [5, 5.41) is 3.73. The second kappa shape index (κ2) is 8.72. The normalized spacial score (nSPS) is 12.5. The van der Waals surface area contributed by atoms with Crippen molar-refractivity contribution in [3.8, 4) is 0 Å². The topological polar surface area (TPSA) is 15.3 Å². The first-order valence-electron chi connectivity index (χ1n) is 8.29. The summed E-state index contributed by atoms with van der Waals surface area (Å²) in [5.41, 5.74) is 4.01. The van der Waals surface area contributed by atoms with Crippen molar-refractivity contribution in [2.45, 2.75) is 33.4 Å². The molecular formula is C20H28N2. The summed E-state index contributed by atoms with van der Waals surface area (Å²) in [4.78, 5) is 2.47. The van der Waals surface area contributed by atoms with E-state index in [1.807, 2.05) is 0 Å². The highest BCUT2D eigenvalue weighted by atomic mass is 15.1. The molecule has 2 nitrogen and oxygen atoms in total. The number of hydrogen-bond donors (Lipinski definition) is 1. The Morgan fingerprint density at radius 3 is 2.14 bits per heavy atom. The average Bonchev–Trinajstić information content (AvgIpc) is 2.57. The first-order chi connectivity index (χ1) is 10.7. The molecule has 0 saturated carbocycles. The number of rotatable bonds is 8. The molecule has 1 unspecified atom stereocenters. The molecule has 22 heavy (non-hydrogen) atoms. The van der Waals surface area contributed by atoms with E-state index in [-0.39, 0.29) is 0 Å². The lowest BCUT2D eigenvalue weighted by Crippen LogP contribution is -2.35. The van der Waals surface area contributed by atoms with E-state index in [0.717, 1.165) is 26.2 Å². The van der Waals surface area contributed by atoms with Gasteiger partial charge in [-0.1, -0.05) is 74.0 Å². The Balaban J connectivity index is 2.05. The molecule has 0 fully saturated rings. The minimum Gasteiger partial charge on any atom is -0.305 e. The number of nitrogens with zero attached hydrogens (tertiary/aromatic N) is 1. The highest BCUT2D eigenvalue weighted by Gasteiger charge is 2.13. The van der Waals surface area contributed by atoms with Gasteiger partial charge in [0.1, 0.15) is 0 Å². The molecule has 2 heteroatoms. The summed E-state index contributed by atoms with van der Waals surface area (Å²) in [5.74, 6) is 0. The quantitative estimate of drug-likeness (QED) is 0.786. The number of hydrogen-bond acceptors (Lipinski definition) is 2. The van der Waals surface area contributed by atoms with Gasteiger partial charge in [0.25, 0.3) is 0 Å². The zero-order valence-corrected chi connectivity index (χ0v) is 14.0. The van der Waals surface area contributed by atoms with Crippen LogP contribution in [0.3, 0.4) is 0 Å². The van der Waals surface area contributed by atoms with Crippen LogP contribution in [0.25, 0.3) is 0 Å². The predicted molar refractivity (Wildman–Crippen MR) is 95.0 cm³/mol. The first-order valence-corrected chi connectivity index (χ1v) is 8.29. The standard InChI is InChI=1S/C20H28N2/c1-4-22(5-2)16-20(19-9-7-6-8-10-19)21-15-18-13-11-17(3)12-14-18/h6-14,20-21H,4-5,15-16H2,1-3H3. The Bertz CT molecular complexity index is 529. The lowest BCUT2D eigenvalue weighted by atomic mass is 10.1. The number of aryl methyl sites for hydroxylation is 1. The van der Waals surface area contributed by atoms with Crippen molar-refractivity contribution in [3.05, 3.63) is 71.3 Å². The lowest BCUT2D eigenvalue weighted by Gasteiger charge is -2.26. The van der Waals surface area contributed by atoms with E-state index in [4.69, 9.17) is 0 Å². The number of benzene rings is 2. The minimum atomic E-state index is 0.363. The van der Waals surface area contributed by atoms with Crippen LogP contribution in [-0.2, 0) is 6.54 Å². The molecule has 118 valence electrons. The van der Waals surface area contributed by atoms with E-state index in [1.165, 1.54) is 16.7 Å². The summed E-state index contributed by atoms with van der Waals surface area (Å²) >= 11 is 0. The van der Waals surface area contributed by atoms with E-state index in [1.54, 1.807) is 0 Å². The maximum Gasteiger partial charge on any atom is 0.0451 e. The molecule has 0 aromatic heterocycles. The van der Waals surface area contributed by atoms with Gasteiger partial charge in [0, 0.05) is 19.1 Å². The molecule has 2 aromatic rings. The van der Waals surface area contributed by atoms with Gasteiger partial charge in [0.05, 0.1) is 0 Å². The molecule has 0 aliphatic heterocycles. The molecule has 0 aliphatic rings. The summed E-state index contributed by atoms with van der Waals surface area (Å²) in [6.07, 6.45) is 0. The zero-order chi connectivity index (χ0) is 15.8. The largest absolute Gasteiger partial charge is 0.305 e. The smallest absolute Gasteiger partial charge is 0.0451 e. The van der Waals surface area contributed by atoms with Gasteiger partial charge in [-0.2, -0.15) is 0 Å². The van der Waals surface area contributed by atoms with Gasteiger partial charge in [0.15, 0.2) is 0 Å². The van der Waals surface area contributed by atoms with E-state index in [2.05, 4.69) is 85.6 Å². The van der Waals surface area contributed by atoms with Crippen LogP contribution < -0.4 is 5.32 Å². The van der Waals surface area contributed by atoms with Crippen molar-refractivity contribution >= 4 is 0 Å². The molecule has 0 amide bonds. The van der Waals surface area contributed by atoms with Crippen LogP contribution in [-0.4, -0.2) is 24.5 Å². The SMILES string of the molecule is CCN(CC)CC(NCc1ccc(C)cc1)c1ccccc1. The highest BCUT2D eigenvalue weighted by Crippen LogP contribution is 2.15. The maximum absolute atomic E-state index is 3.73. The van der Waals surface area contributed by atoms with Crippen molar-refractivity contribution in [2.75, 3.05) is 19.6 Å². The summed E-state index contributed by atoms with van der Waals surface area (Å²) < 4.78 is 0. The van der Waals surface area contributed by atoms with Crippen LogP contribution in [0.1, 0.15) is 36.6 Å². The molecule has 0 bridgehead atoms. The fraction of sp³-hybridized carbons (Fsp3) is 0.400. The van der Waals surface area contributed by atoms with E-state index < -0.39 is 0 Å². The molecule has 1 N–H and O–H groups in total. The molecule has 2 rings (SSSR count). The monoisotopic (exact) mass is 296 g/mol. The minimum absolute atomic E-state index is 0.363. The maximum atomic E-state index is 3.73. The van der Waals surface area contributed by atoms with Crippen LogP contribution >= 0.6 is 0 Å². The molecule has 0 aliphatic carbocycles. The Morgan fingerprint density at radius 1 is 0.909 bits per heavy atom. The van der Waals surface area contributed by atoms with Crippen molar-refractivity contribution in [1.82, 2.24) is 10.2 Å². The third kappa shape index (κ3) is 4.97. The predicted octanol–water partition coefficient (Wildman–Crippen LogP) is 4.17. The molecule has 2 aromatic carbocycles. The van der Waals surface area contributed by atoms with Gasteiger partial charge < -0.3 is 10.2 Å². The fourth-order valence-corrected chi connectivity index (χ4v) is 2.66. The lowest BCUT2D eigenvalue weighted by molar-refractivity contribution is 0.265. The molecule has 1 atom stereocenters. The summed E-state index contributed by atoms with van der Waals surface area (Å²) in [6.45, 7) is 10.7. The van der Waals surface area contributed by atoms with Gasteiger partial charge >= 0.3 is 0 Å². The Hall–Kier alpha value is -1.64. The van der Waals surface area contributed by atoms with Crippen LogP contribution in [0.15, 0.2) is 54.6 Å². The first kappa shape index (κ1) is 16.7. The second-order valence-corrected chi connectivity index (χ2v) is 5.82. The number of likely N-dealkylation sites (N-methyl/N-ethyl adjacent to an activating group) is 1. The Kier molecular flexibility index (Phi) is 6.63. The third-order valence-corrected chi connectivity index (χ3v) is 4.21. The molecule has 0 saturated heterocycles. The van der Waals surface area contributed by atoms with E-state index >= 15 is 0 Å². The summed E-state index contributed by atoms with van der Waals surface area (Å²) in [6, 6.07) is 19.9. The Morgan fingerprint density at radius 2 is 1.55 bits per heavy atom. The van der Waals surface area contributed by atoms with E-state index in [0.29, 0.717) is 6.04 Å². The van der Waals surface area contributed by atoms with Crippen molar-refractivity contribution in [2.24, 2.45) is 0 Å². The van der Waals surface area contributed by atoms with Crippen LogP contribution in [0, 0.1) is 6.92 Å². The Labute approximate surface area is 135 Å². The molecular weight excluding hydrogens is 268 g/mol. The van der Waals surface area contributed by atoms with Crippen LogP contribution in [0.5, 0.6) is 0 Å². The highest BCUT2D eigenvalue weighted by molar-refractivity contribution is 5.23. The van der Waals surface area contributed by atoms with Crippen LogP contribution in [0.2, 0.25) is 0 Å². The molecule has 0 heterocycles. The summed E-state index contributed by atoms with van der Waals surface area (Å²) in [7, 11) is 0. The van der Waals surface area contributed by atoms with Gasteiger partial charge in [-0.25, -0.2) is 0 Å². The van der Waals surface area contributed by atoms with Crippen molar-refractivity contribution in [3.63, 3.8) is 0 Å². The third-order valence-electron chi connectivity index (χ3n) is 4.21. The average molecular weight is 296 g/mol. The molecule has 0 radical (unpaired) electrons. The number of nitrogens with one attached hydrogen (secondary N) is 1. The second-order valence-electron chi connectivity index (χ2n) is 5.82. The fourth-order valence-electron chi connectivity index (χ4n) is 2.66.